The van der Waals surface area contributed by atoms with Gasteiger partial charge in [-0.2, -0.15) is 4.39 Å². The molecule has 3 heterocycles. The molecule has 9 heteroatoms. The van der Waals surface area contributed by atoms with Crippen LogP contribution in [0.4, 0.5) is 4.39 Å². The van der Waals surface area contributed by atoms with Crippen molar-refractivity contribution in [1.82, 2.24) is 14.9 Å². The number of carbonyl (C=O) groups is 2. The van der Waals surface area contributed by atoms with Crippen molar-refractivity contribution in [3.8, 4) is 0 Å². The lowest BCUT2D eigenvalue weighted by Gasteiger charge is -2.39. The van der Waals surface area contributed by atoms with Gasteiger partial charge in [0.25, 0.3) is 0 Å². The first-order valence-corrected chi connectivity index (χ1v) is 12.5. The van der Waals surface area contributed by atoms with Crippen molar-refractivity contribution < 1.29 is 27.9 Å². The molecule has 36 heavy (non-hydrogen) atoms. The summed E-state index contributed by atoms with van der Waals surface area (Å²) in [4.78, 5) is 36.0. The molecule has 2 fully saturated rings. The highest BCUT2D eigenvalue weighted by molar-refractivity contribution is 5.95. The van der Waals surface area contributed by atoms with E-state index in [0.29, 0.717) is 61.0 Å². The Hall–Kier alpha value is -3.17. The summed E-state index contributed by atoms with van der Waals surface area (Å²) in [5, 5.41) is 0. The van der Waals surface area contributed by atoms with Gasteiger partial charge in [0.2, 0.25) is 5.78 Å². The molecule has 2 aromatic heterocycles. The van der Waals surface area contributed by atoms with Gasteiger partial charge < -0.3 is 13.9 Å². The largest absolute Gasteiger partial charge is 0.469 e. The Bertz CT molecular complexity index is 1200. The molecule has 190 valence electrons. The monoisotopic (exact) mass is 495 g/mol. The van der Waals surface area contributed by atoms with Crippen LogP contribution in [0.1, 0.15) is 55.6 Å². The van der Waals surface area contributed by atoms with Crippen LogP contribution in [-0.4, -0.2) is 58.9 Å². The molecule has 1 saturated heterocycles. The van der Waals surface area contributed by atoms with Gasteiger partial charge in [0, 0.05) is 25.5 Å². The number of hydrogen-bond acceptors (Lipinski definition) is 8. The van der Waals surface area contributed by atoms with Gasteiger partial charge in [0.1, 0.15) is 5.52 Å². The fourth-order valence-corrected chi connectivity index (χ4v) is 5.37. The average molecular weight is 496 g/mol. The van der Waals surface area contributed by atoms with Crippen LogP contribution in [-0.2, 0) is 19.1 Å². The summed E-state index contributed by atoms with van der Waals surface area (Å²) < 4.78 is 33.5. The maximum Gasteiger partial charge on any atom is 0.330 e. The van der Waals surface area contributed by atoms with Crippen LogP contribution in [0.3, 0.4) is 0 Å². The Kier molecular flexibility index (Phi) is 7.11. The lowest BCUT2D eigenvalue weighted by molar-refractivity contribution is -0.253. The Morgan fingerprint density at radius 3 is 2.61 bits per heavy atom. The third-order valence-corrected chi connectivity index (χ3v) is 7.32. The highest BCUT2D eigenvalue weighted by atomic mass is 19.2. The van der Waals surface area contributed by atoms with E-state index in [9.17, 15) is 9.59 Å². The zero-order valence-electron chi connectivity index (χ0n) is 20.3. The number of esters is 1. The Morgan fingerprint density at radius 1 is 1.14 bits per heavy atom. The van der Waals surface area contributed by atoms with E-state index in [1.165, 1.54) is 18.4 Å². The molecule has 2 atom stereocenters. The lowest BCUT2D eigenvalue weighted by Crippen LogP contribution is -2.56. The number of methoxy groups -OCH3 is 1. The minimum Gasteiger partial charge on any atom is -0.469 e. The molecule has 2 aliphatic rings. The number of nitrogens with zero attached hydrogens (tertiary/aromatic N) is 3. The SMILES string of the molecule is COC(=O)C1CCC(OC(F)(C(=O)C(c2cccnc2)c2ccc3ncoc3c2)N2CCCC2)CC1. The Labute approximate surface area is 208 Å². The maximum atomic E-state index is 17.1. The van der Waals surface area contributed by atoms with Crippen molar-refractivity contribution in [2.75, 3.05) is 20.2 Å². The van der Waals surface area contributed by atoms with E-state index in [4.69, 9.17) is 13.9 Å². The second kappa shape index (κ2) is 10.4. The molecule has 3 aromatic rings. The van der Waals surface area contributed by atoms with Gasteiger partial charge in [0.05, 0.1) is 25.0 Å². The van der Waals surface area contributed by atoms with E-state index in [1.54, 1.807) is 42.7 Å². The zero-order chi connectivity index (χ0) is 25.1. The smallest absolute Gasteiger partial charge is 0.330 e. The molecule has 0 radical (unpaired) electrons. The van der Waals surface area contributed by atoms with Crippen LogP contribution in [0.15, 0.2) is 53.5 Å². The van der Waals surface area contributed by atoms with Crippen molar-refractivity contribution in [2.45, 2.75) is 56.5 Å². The number of ether oxygens (including phenoxy) is 2. The first-order valence-electron chi connectivity index (χ1n) is 12.5. The van der Waals surface area contributed by atoms with E-state index in [-0.39, 0.29) is 11.9 Å². The van der Waals surface area contributed by atoms with Gasteiger partial charge in [-0.15, -0.1) is 0 Å². The van der Waals surface area contributed by atoms with Crippen molar-refractivity contribution >= 4 is 22.9 Å². The van der Waals surface area contributed by atoms with Crippen LogP contribution in [0, 0.1) is 5.92 Å². The van der Waals surface area contributed by atoms with Crippen molar-refractivity contribution in [1.29, 1.82) is 0 Å². The van der Waals surface area contributed by atoms with Gasteiger partial charge in [-0.25, -0.2) is 9.88 Å². The number of likely N-dealkylation sites (tertiary alicyclic amines) is 1. The molecule has 1 aromatic carbocycles. The summed E-state index contributed by atoms with van der Waals surface area (Å²) in [6.07, 6.45) is 7.67. The number of carbonyl (C=O) groups excluding carboxylic acids is 2. The fourth-order valence-electron chi connectivity index (χ4n) is 5.37. The van der Waals surface area contributed by atoms with E-state index in [2.05, 4.69) is 9.97 Å². The topological polar surface area (TPSA) is 94.8 Å². The first-order chi connectivity index (χ1) is 17.5. The molecular formula is C27H30FN3O5. The van der Waals surface area contributed by atoms with Crippen molar-refractivity contribution in [3.63, 3.8) is 0 Å². The summed E-state index contributed by atoms with van der Waals surface area (Å²) in [6, 6.07) is 8.76. The number of alkyl halides is 1. The number of aromatic nitrogens is 2. The van der Waals surface area contributed by atoms with Crippen LogP contribution in [0.25, 0.3) is 11.1 Å². The number of hydrogen-bond donors (Lipinski definition) is 0. The molecule has 5 rings (SSSR count). The zero-order valence-corrected chi connectivity index (χ0v) is 20.3. The van der Waals surface area contributed by atoms with Gasteiger partial charge in [-0.1, -0.05) is 12.1 Å². The predicted molar refractivity (Wildman–Crippen MR) is 129 cm³/mol. The predicted octanol–water partition coefficient (Wildman–Crippen LogP) is 4.39. The van der Waals surface area contributed by atoms with Crippen LogP contribution in [0.2, 0.25) is 0 Å². The van der Waals surface area contributed by atoms with E-state index >= 15 is 4.39 Å². The Morgan fingerprint density at radius 2 is 1.92 bits per heavy atom. The molecular weight excluding hydrogens is 465 g/mol. The summed E-state index contributed by atoms with van der Waals surface area (Å²) in [5.41, 5.74) is 2.32. The quantitative estimate of drug-likeness (QED) is 0.335. The second-order valence-corrected chi connectivity index (χ2v) is 9.53. The molecule has 0 amide bonds. The summed E-state index contributed by atoms with van der Waals surface area (Å²) in [5.74, 6) is -4.73. The lowest BCUT2D eigenvalue weighted by atomic mass is 9.85. The number of benzene rings is 1. The molecule has 1 aliphatic heterocycles. The molecule has 0 spiro atoms. The second-order valence-electron chi connectivity index (χ2n) is 9.53. The normalized spacial score (nSPS) is 23.3. The fraction of sp³-hybridized carbons (Fsp3) is 0.481. The minimum atomic E-state index is -2.61. The maximum absolute atomic E-state index is 17.1. The van der Waals surface area contributed by atoms with Crippen molar-refractivity contribution in [3.05, 3.63) is 60.2 Å². The number of Topliss-reactive ketones (excluding diaryl/α,β-unsaturated/α-hetero) is 1. The summed E-state index contributed by atoms with van der Waals surface area (Å²) in [6.45, 7) is 0.862. The van der Waals surface area contributed by atoms with Gasteiger partial charge in [0.15, 0.2) is 12.0 Å². The van der Waals surface area contributed by atoms with Crippen LogP contribution < -0.4 is 0 Å². The van der Waals surface area contributed by atoms with Gasteiger partial charge in [-0.05, 0) is 67.9 Å². The summed E-state index contributed by atoms with van der Waals surface area (Å²) >= 11 is 0. The number of pyridine rings is 1. The number of oxazole rings is 1. The molecule has 2 unspecified atom stereocenters. The van der Waals surface area contributed by atoms with E-state index < -0.39 is 23.8 Å². The number of halogens is 1. The number of rotatable bonds is 8. The minimum absolute atomic E-state index is 0.219. The third-order valence-electron chi connectivity index (χ3n) is 7.32. The molecule has 0 bridgehead atoms. The highest BCUT2D eigenvalue weighted by Crippen LogP contribution is 2.39. The third kappa shape index (κ3) is 4.77. The molecule has 1 aliphatic carbocycles. The summed E-state index contributed by atoms with van der Waals surface area (Å²) in [7, 11) is 1.37. The first kappa shape index (κ1) is 24.5. The molecule has 0 N–H and O–H groups in total. The molecule has 8 nitrogen and oxygen atoms in total. The highest BCUT2D eigenvalue weighted by Gasteiger charge is 2.52. The van der Waals surface area contributed by atoms with Crippen LogP contribution >= 0.6 is 0 Å². The average Bonchev–Trinajstić information content (AvgIpc) is 3.62. The van der Waals surface area contributed by atoms with Gasteiger partial charge >= 0.3 is 11.9 Å². The standard InChI is InChI=1S/C27H30FN3O5/c1-34-26(33)18-6-9-21(10-7-18)36-27(28,31-13-2-3-14-31)25(32)24(20-5-4-12-29-16-20)19-8-11-22-23(15-19)35-17-30-22/h4-5,8,11-12,15-18,21,24H,2-3,6-7,9-10,13-14H2,1H3. The van der Waals surface area contributed by atoms with Crippen molar-refractivity contribution in [2.24, 2.45) is 5.92 Å². The van der Waals surface area contributed by atoms with E-state index in [0.717, 1.165) is 12.8 Å². The number of ketones is 1. The molecule has 1 saturated carbocycles. The Balaban J connectivity index is 1.48. The van der Waals surface area contributed by atoms with E-state index in [1.807, 2.05) is 0 Å². The number of fused-ring (bicyclic) bond motifs is 1. The van der Waals surface area contributed by atoms with Gasteiger partial charge in [-0.3, -0.25) is 14.6 Å². The van der Waals surface area contributed by atoms with Crippen LogP contribution in [0.5, 0.6) is 0 Å².